The van der Waals surface area contributed by atoms with Crippen LogP contribution in [0.2, 0.25) is 0 Å². The maximum Gasteiger partial charge on any atom is 0.278 e. The van der Waals surface area contributed by atoms with Gasteiger partial charge in [-0.05, 0) is 36.4 Å². The third kappa shape index (κ3) is 2.19. The molecule has 2 heterocycles. The standard InChI is InChI=1S/C16H12N2O2/c19-15(12-6-2-1-3-7-12)17-14-10-9-13-8-4-5-11-18(13)16(14)20/h1-11H,(H,17,19). The largest absolute Gasteiger partial charge is 0.317 e. The van der Waals surface area contributed by atoms with Crippen molar-refractivity contribution < 1.29 is 4.79 Å². The van der Waals surface area contributed by atoms with Crippen molar-refractivity contribution in [3.8, 4) is 0 Å². The summed E-state index contributed by atoms with van der Waals surface area (Å²) in [5, 5.41) is 2.65. The molecule has 0 unspecified atom stereocenters. The van der Waals surface area contributed by atoms with Gasteiger partial charge in [0.05, 0.1) is 0 Å². The highest BCUT2D eigenvalue weighted by molar-refractivity contribution is 6.04. The summed E-state index contributed by atoms with van der Waals surface area (Å²) in [5.74, 6) is -0.293. The van der Waals surface area contributed by atoms with Crippen LogP contribution < -0.4 is 10.9 Å². The number of rotatable bonds is 2. The van der Waals surface area contributed by atoms with Gasteiger partial charge in [0.2, 0.25) is 0 Å². The SMILES string of the molecule is O=C(Nc1ccc2ccccn2c1=O)c1ccccc1. The van der Waals surface area contributed by atoms with Crippen LogP contribution in [0.5, 0.6) is 0 Å². The maximum absolute atomic E-state index is 12.2. The Hall–Kier alpha value is -2.88. The van der Waals surface area contributed by atoms with Crippen molar-refractivity contribution in [1.29, 1.82) is 0 Å². The van der Waals surface area contributed by atoms with Crippen molar-refractivity contribution in [1.82, 2.24) is 4.40 Å². The van der Waals surface area contributed by atoms with Gasteiger partial charge in [0.15, 0.2) is 0 Å². The van der Waals surface area contributed by atoms with E-state index in [1.165, 1.54) is 4.40 Å². The molecule has 1 amide bonds. The summed E-state index contributed by atoms with van der Waals surface area (Å²) in [6.07, 6.45) is 1.68. The Morgan fingerprint density at radius 1 is 0.900 bits per heavy atom. The third-order valence-corrected chi connectivity index (χ3v) is 3.05. The summed E-state index contributed by atoms with van der Waals surface area (Å²) >= 11 is 0. The fourth-order valence-electron chi connectivity index (χ4n) is 2.03. The normalized spacial score (nSPS) is 10.4. The van der Waals surface area contributed by atoms with Crippen LogP contribution in [0.3, 0.4) is 0 Å². The second kappa shape index (κ2) is 5.01. The number of amides is 1. The van der Waals surface area contributed by atoms with Crippen LogP contribution in [0.25, 0.3) is 5.52 Å². The number of carbonyl (C=O) groups excluding carboxylic acids is 1. The predicted molar refractivity (Wildman–Crippen MR) is 78.1 cm³/mol. The lowest BCUT2D eigenvalue weighted by Gasteiger charge is -2.06. The second-order valence-electron chi connectivity index (χ2n) is 4.37. The van der Waals surface area contributed by atoms with Gasteiger partial charge in [-0.2, -0.15) is 0 Å². The Labute approximate surface area is 115 Å². The van der Waals surface area contributed by atoms with Gasteiger partial charge in [-0.25, -0.2) is 0 Å². The molecule has 0 saturated heterocycles. The topological polar surface area (TPSA) is 50.6 Å². The van der Waals surface area contributed by atoms with Crippen LogP contribution >= 0.6 is 0 Å². The number of carbonyl (C=O) groups is 1. The molecule has 4 heteroatoms. The molecule has 4 nitrogen and oxygen atoms in total. The first-order chi connectivity index (χ1) is 9.75. The lowest BCUT2D eigenvalue weighted by Crippen LogP contribution is -2.22. The minimum absolute atomic E-state index is 0.243. The number of aromatic nitrogens is 1. The van der Waals surface area contributed by atoms with Crippen LogP contribution in [-0.4, -0.2) is 10.3 Å². The molecule has 1 N–H and O–H groups in total. The fourth-order valence-corrected chi connectivity index (χ4v) is 2.03. The van der Waals surface area contributed by atoms with E-state index in [1.807, 2.05) is 18.2 Å². The molecule has 0 bridgehead atoms. The predicted octanol–water partition coefficient (Wildman–Crippen LogP) is 2.55. The minimum atomic E-state index is -0.293. The number of pyridine rings is 2. The Balaban J connectivity index is 1.98. The van der Waals surface area contributed by atoms with E-state index in [0.717, 1.165) is 5.52 Å². The molecule has 0 spiro atoms. The van der Waals surface area contributed by atoms with Gasteiger partial charge >= 0.3 is 0 Å². The van der Waals surface area contributed by atoms with Gasteiger partial charge in [-0.1, -0.05) is 24.3 Å². The van der Waals surface area contributed by atoms with Crippen LogP contribution in [0, 0.1) is 0 Å². The number of fused-ring (bicyclic) bond motifs is 1. The smallest absolute Gasteiger partial charge is 0.278 e. The summed E-state index contributed by atoms with van der Waals surface area (Å²) in [7, 11) is 0. The van der Waals surface area contributed by atoms with Crippen molar-refractivity contribution in [3.05, 3.63) is 82.8 Å². The molecule has 0 aliphatic rings. The van der Waals surface area contributed by atoms with Crippen LogP contribution in [0.1, 0.15) is 10.4 Å². The third-order valence-electron chi connectivity index (χ3n) is 3.05. The quantitative estimate of drug-likeness (QED) is 0.773. The average molecular weight is 264 g/mol. The lowest BCUT2D eigenvalue weighted by atomic mass is 10.2. The summed E-state index contributed by atoms with van der Waals surface area (Å²) in [6.45, 7) is 0. The van der Waals surface area contributed by atoms with Crippen molar-refractivity contribution in [2.45, 2.75) is 0 Å². The average Bonchev–Trinajstić information content (AvgIpc) is 2.51. The number of hydrogen-bond donors (Lipinski definition) is 1. The monoisotopic (exact) mass is 264 g/mol. The summed E-state index contributed by atoms with van der Waals surface area (Å²) in [5.41, 5.74) is 1.33. The van der Waals surface area contributed by atoms with Crippen molar-refractivity contribution in [3.63, 3.8) is 0 Å². The molecule has 3 aromatic rings. The molecular weight excluding hydrogens is 252 g/mol. The molecule has 0 saturated carbocycles. The Morgan fingerprint density at radius 2 is 1.65 bits per heavy atom. The molecule has 0 atom stereocenters. The highest BCUT2D eigenvalue weighted by atomic mass is 16.2. The molecule has 1 aromatic carbocycles. The Kier molecular flexibility index (Phi) is 3.05. The minimum Gasteiger partial charge on any atom is -0.317 e. The first-order valence-corrected chi connectivity index (χ1v) is 6.22. The number of hydrogen-bond acceptors (Lipinski definition) is 2. The zero-order valence-corrected chi connectivity index (χ0v) is 10.6. The molecule has 0 aliphatic carbocycles. The fraction of sp³-hybridized carbons (Fsp3) is 0. The molecule has 0 aliphatic heterocycles. The molecular formula is C16H12N2O2. The first kappa shape index (κ1) is 12.2. The lowest BCUT2D eigenvalue weighted by molar-refractivity contribution is 0.102. The van der Waals surface area contributed by atoms with Gasteiger partial charge in [0.25, 0.3) is 11.5 Å². The van der Waals surface area contributed by atoms with E-state index in [4.69, 9.17) is 0 Å². The number of benzene rings is 1. The van der Waals surface area contributed by atoms with E-state index in [0.29, 0.717) is 5.56 Å². The van der Waals surface area contributed by atoms with E-state index in [1.54, 1.807) is 48.7 Å². The van der Waals surface area contributed by atoms with E-state index < -0.39 is 0 Å². The second-order valence-corrected chi connectivity index (χ2v) is 4.37. The van der Waals surface area contributed by atoms with E-state index >= 15 is 0 Å². The highest BCUT2D eigenvalue weighted by Gasteiger charge is 2.08. The number of nitrogens with one attached hydrogen (secondary N) is 1. The van der Waals surface area contributed by atoms with E-state index in [9.17, 15) is 9.59 Å². The Morgan fingerprint density at radius 3 is 2.45 bits per heavy atom. The summed E-state index contributed by atoms with van der Waals surface area (Å²) < 4.78 is 1.50. The van der Waals surface area contributed by atoms with Crippen molar-refractivity contribution in [2.24, 2.45) is 0 Å². The van der Waals surface area contributed by atoms with Crippen molar-refractivity contribution in [2.75, 3.05) is 5.32 Å². The van der Waals surface area contributed by atoms with E-state index in [-0.39, 0.29) is 17.2 Å². The molecule has 3 rings (SSSR count). The molecule has 98 valence electrons. The van der Waals surface area contributed by atoms with Gasteiger partial charge in [-0.15, -0.1) is 0 Å². The van der Waals surface area contributed by atoms with Crippen molar-refractivity contribution >= 4 is 17.1 Å². The summed E-state index contributed by atoms with van der Waals surface area (Å²) in [4.78, 5) is 24.3. The highest BCUT2D eigenvalue weighted by Crippen LogP contribution is 2.07. The van der Waals surface area contributed by atoms with Gasteiger partial charge in [-0.3, -0.25) is 14.0 Å². The van der Waals surface area contributed by atoms with Gasteiger partial charge < -0.3 is 5.32 Å². The van der Waals surface area contributed by atoms with Gasteiger partial charge in [0, 0.05) is 17.3 Å². The van der Waals surface area contributed by atoms with Crippen LogP contribution in [0.4, 0.5) is 5.69 Å². The maximum atomic E-state index is 12.2. The number of nitrogens with zero attached hydrogens (tertiary/aromatic N) is 1. The molecule has 20 heavy (non-hydrogen) atoms. The van der Waals surface area contributed by atoms with Gasteiger partial charge in [0.1, 0.15) is 5.69 Å². The Bertz CT molecular complexity index is 823. The van der Waals surface area contributed by atoms with Crippen LogP contribution in [0.15, 0.2) is 71.7 Å². The molecule has 0 fully saturated rings. The zero-order valence-electron chi connectivity index (χ0n) is 10.6. The molecule has 0 radical (unpaired) electrons. The molecule has 2 aromatic heterocycles. The zero-order chi connectivity index (χ0) is 13.9. The van der Waals surface area contributed by atoms with Crippen LogP contribution in [-0.2, 0) is 0 Å². The van der Waals surface area contributed by atoms with E-state index in [2.05, 4.69) is 5.32 Å². The number of anilines is 1. The first-order valence-electron chi connectivity index (χ1n) is 6.22. The summed E-state index contributed by atoms with van der Waals surface area (Å²) in [6, 6.07) is 17.7.